The van der Waals surface area contributed by atoms with Crippen LogP contribution in [0.1, 0.15) is 38.4 Å². The molecular formula is C19H21N5O2S. The van der Waals surface area contributed by atoms with Crippen LogP contribution in [0.2, 0.25) is 0 Å². The number of rotatable bonds is 4. The highest BCUT2D eigenvalue weighted by Crippen LogP contribution is 2.28. The van der Waals surface area contributed by atoms with Crippen LogP contribution in [0.15, 0.2) is 36.7 Å². The fourth-order valence-corrected chi connectivity index (χ4v) is 4.09. The van der Waals surface area contributed by atoms with Crippen LogP contribution < -0.4 is 0 Å². The molecule has 1 fully saturated rings. The zero-order valence-corrected chi connectivity index (χ0v) is 16.1. The first-order valence-electron chi connectivity index (χ1n) is 8.88. The molecule has 1 saturated heterocycles. The Labute approximate surface area is 161 Å². The van der Waals surface area contributed by atoms with E-state index < -0.39 is 0 Å². The van der Waals surface area contributed by atoms with E-state index in [-0.39, 0.29) is 11.9 Å². The molecular weight excluding hydrogens is 362 g/mol. The van der Waals surface area contributed by atoms with Gasteiger partial charge >= 0.3 is 0 Å². The maximum atomic E-state index is 13.3. The van der Waals surface area contributed by atoms with Gasteiger partial charge in [-0.2, -0.15) is 9.47 Å². The summed E-state index contributed by atoms with van der Waals surface area (Å²) < 4.78 is 11.9. The topological polar surface area (TPSA) is 73.1 Å². The van der Waals surface area contributed by atoms with Crippen LogP contribution in [-0.4, -0.2) is 49.7 Å². The molecule has 3 aromatic rings. The molecule has 140 valence electrons. The third-order valence-electron chi connectivity index (χ3n) is 4.76. The number of amides is 1. The highest BCUT2D eigenvalue weighted by Gasteiger charge is 2.34. The summed E-state index contributed by atoms with van der Waals surface area (Å²) in [7, 11) is 0. The van der Waals surface area contributed by atoms with Gasteiger partial charge < -0.3 is 9.64 Å². The van der Waals surface area contributed by atoms with Crippen molar-refractivity contribution in [3.05, 3.63) is 64.2 Å². The molecule has 1 amide bonds. The predicted octanol–water partition coefficient (Wildman–Crippen LogP) is 2.61. The van der Waals surface area contributed by atoms with Crippen molar-refractivity contribution in [2.24, 2.45) is 0 Å². The van der Waals surface area contributed by atoms with E-state index in [1.165, 1.54) is 17.9 Å². The Morgan fingerprint density at radius 2 is 2.11 bits per heavy atom. The Bertz CT molecular complexity index is 917. The van der Waals surface area contributed by atoms with Gasteiger partial charge in [0.25, 0.3) is 5.91 Å². The van der Waals surface area contributed by atoms with Crippen LogP contribution in [0.5, 0.6) is 0 Å². The average molecular weight is 383 g/mol. The van der Waals surface area contributed by atoms with Crippen molar-refractivity contribution in [2.75, 3.05) is 19.8 Å². The Hall–Kier alpha value is -2.58. The normalized spacial score (nSPS) is 17.3. The lowest BCUT2D eigenvalue weighted by Crippen LogP contribution is -2.44. The van der Waals surface area contributed by atoms with Gasteiger partial charge in [0.15, 0.2) is 5.82 Å². The van der Waals surface area contributed by atoms with Gasteiger partial charge in [0.1, 0.15) is 12.4 Å². The number of ether oxygens (including phenoxy) is 1. The molecule has 27 heavy (non-hydrogen) atoms. The second kappa shape index (κ2) is 7.58. The molecule has 2 aromatic heterocycles. The minimum absolute atomic E-state index is 0.0127. The molecule has 1 aliphatic heterocycles. The Morgan fingerprint density at radius 1 is 1.30 bits per heavy atom. The van der Waals surface area contributed by atoms with E-state index in [1.54, 1.807) is 0 Å². The number of carbonyl (C=O) groups excluding carboxylic acids is 1. The van der Waals surface area contributed by atoms with Crippen LogP contribution >= 0.6 is 11.5 Å². The third kappa shape index (κ3) is 3.50. The lowest BCUT2D eigenvalue weighted by Gasteiger charge is -2.35. The second-order valence-corrected chi connectivity index (χ2v) is 7.53. The first-order chi connectivity index (χ1) is 13.1. The van der Waals surface area contributed by atoms with Crippen LogP contribution in [0, 0.1) is 13.8 Å². The summed E-state index contributed by atoms with van der Waals surface area (Å²) in [5, 5.41) is 4.38. The lowest BCUT2D eigenvalue weighted by atomic mass is 10.1. The van der Waals surface area contributed by atoms with Crippen molar-refractivity contribution >= 4 is 17.4 Å². The zero-order valence-electron chi connectivity index (χ0n) is 15.3. The van der Waals surface area contributed by atoms with Crippen LogP contribution in [0.4, 0.5) is 0 Å². The maximum Gasteiger partial charge on any atom is 0.257 e. The van der Waals surface area contributed by atoms with Crippen molar-refractivity contribution in [1.29, 1.82) is 0 Å². The minimum Gasteiger partial charge on any atom is -0.377 e. The summed E-state index contributed by atoms with van der Waals surface area (Å²) in [4.78, 5) is 20.5. The smallest absolute Gasteiger partial charge is 0.257 e. The highest BCUT2D eigenvalue weighted by molar-refractivity contribution is 7.06. The molecule has 0 aliphatic carbocycles. The van der Waals surface area contributed by atoms with E-state index >= 15 is 0 Å². The Morgan fingerprint density at radius 3 is 2.85 bits per heavy atom. The number of hydrogen-bond donors (Lipinski definition) is 0. The number of nitrogens with zero attached hydrogens (tertiary/aromatic N) is 5. The number of benzene rings is 1. The van der Waals surface area contributed by atoms with Gasteiger partial charge in [-0.15, -0.1) is 0 Å². The average Bonchev–Trinajstić information content (AvgIpc) is 3.28. The van der Waals surface area contributed by atoms with Gasteiger partial charge in [0.2, 0.25) is 0 Å². The first kappa shape index (κ1) is 17.8. The standard InChI is InChI=1S/C19H21N5O2S/c1-13-17(14(2)27-22-13)19(25)23-8-9-26-11-16(23)18-20-12-21-24(18)10-15-6-4-3-5-7-15/h3-7,12,16H,8-11H2,1-2H3/t16-/m0/s1. The van der Waals surface area contributed by atoms with Gasteiger partial charge in [0, 0.05) is 11.4 Å². The maximum absolute atomic E-state index is 13.3. The molecule has 7 nitrogen and oxygen atoms in total. The molecule has 4 rings (SSSR count). The molecule has 0 radical (unpaired) electrons. The minimum atomic E-state index is -0.267. The summed E-state index contributed by atoms with van der Waals surface area (Å²) in [6.45, 7) is 5.87. The largest absolute Gasteiger partial charge is 0.377 e. The summed E-state index contributed by atoms with van der Waals surface area (Å²) in [6.07, 6.45) is 1.54. The summed E-state index contributed by atoms with van der Waals surface area (Å²) in [6, 6.07) is 9.82. The Kier molecular flexibility index (Phi) is 5.00. The van der Waals surface area contributed by atoms with E-state index in [0.717, 1.165) is 22.0 Å². The molecule has 0 spiro atoms. The molecule has 0 bridgehead atoms. The number of aryl methyl sites for hydroxylation is 2. The van der Waals surface area contributed by atoms with Crippen molar-refractivity contribution < 1.29 is 9.53 Å². The quantitative estimate of drug-likeness (QED) is 0.692. The monoisotopic (exact) mass is 383 g/mol. The molecule has 0 N–H and O–H groups in total. The lowest BCUT2D eigenvalue weighted by molar-refractivity contribution is -0.00641. The second-order valence-electron chi connectivity index (χ2n) is 6.55. The van der Waals surface area contributed by atoms with Gasteiger partial charge in [-0.1, -0.05) is 30.3 Å². The molecule has 1 atom stereocenters. The predicted molar refractivity (Wildman–Crippen MR) is 102 cm³/mol. The highest BCUT2D eigenvalue weighted by atomic mass is 32.1. The molecule has 0 unspecified atom stereocenters. The zero-order chi connectivity index (χ0) is 18.8. The van der Waals surface area contributed by atoms with E-state index in [0.29, 0.717) is 31.9 Å². The fourth-order valence-electron chi connectivity index (χ4n) is 3.40. The number of morpholine rings is 1. The molecule has 3 heterocycles. The van der Waals surface area contributed by atoms with E-state index in [2.05, 4.69) is 26.6 Å². The van der Waals surface area contributed by atoms with Crippen molar-refractivity contribution in [3.8, 4) is 0 Å². The van der Waals surface area contributed by atoms with Gasteiger partial charge in [-0.25, -0.2) is 9.67 Å². The SMILES string of the molecule is Cc1nsc(C)c1C(=O)N1CCOC[C@H]1c1ncnn1Cc1ccccc1. The van der Waals surface area contributed by atoms with Crippen molar-refractivity contribution in [1.82, 2.24) is 24.0 Å². The molecule has 1 aromatic carbocycles. The van der Waals surface area contributed by atoms with Crippen molar-refractivity contribution in [3.63, 3.8) is 0 Å². The van der Waals surface area contributed by atoms with Crippen molar-refractivity contribution in [2.45, 2.75) is 26.4 Å². The van der Waals surface area contributed by atoms with Gasteiger partial charge in [-0.3, -0.25) is 4.79 Å². The van der Waals surface area contributed by atoms with Gasteiger partial charge in [-0.05, 0) is 30.9 Å². The van der Waals surface area contributed by atoms with Gasteiger partial charge in [0.05, 0.1) is 31.0 Å². The van der Waals surface area contributed by atoms with Crippen LogP contribution in [0.25, 0.3) is 0 Å². The van der Waals surface area contributed by atoms with E-state index in [4.69, 9.17) is 4.74 Å². The van der Waals surface area contributed by atoms with Crippen LogP contribution in [-0.2, 0) is 11.3 Å². The van der Waals surface area contributed by atoms with E-state index in [9.17, 15) is 4.79 Å². The number of hydrogen-bond acceptors (Lipinski definition) is 6. The Balaban J connectivity index is 1.64. The number of aromatic nitrogens is 4. The van der Waals surface area contributed by atoms with Crippen LogP contribution in [0.3, 0.4) is 0 Å². The summed E-state index contributed by atoms with van der Waals surface area (Å²) in [5.41, 5.74) is 2.60. The molecule has 8 heteroatoms. The summed E-state index contributed by atoms with van der Waals surface area (Å²) >= 11 is 1.37. The fraction of sp³-hybridized carbons (Fsp3) is 0.368. The van der Waals surface area contributed by atoms with E-state index in [1.807, 2.05) is 41.6 Å². The third-order valence-corrected chi connectivity index (χ3v) is 5.60. The molecule has 1 aliphatic rings. The first-order valence-corrected chi connectivity index (χ1v) is 9.65. The molecule has 0 saturated carbocycles. The summed E-state index contributed by atoms with van der Waals surface area (Å²) in [5.74, 6) is 0.728. The number of carbonyl (C=O) groups is 1.